The van der Waals surface area contributed by atoms with Crippen LogP contribution < -0.4 is 0 Å². The van der Waals surface area contributed by atoms with Gasteiger partial charge in [-0.1, -0.05) is 109 Å². The van der Waals surface area contributed by atoms with Gasteiger partial charge >= 0.3 is 0 Å². The minimum Gasteiger partial charge on any atom is -0.255 e. The van der Waals surface area contributed by atoms with Gasteiger partial charge in [0.2, 0.25) is 0 Å². The zero-order valence-electron chi connectivity index (χ0n) is 23.8. The van der Waals surface area contributed by atoms with Crippen molar-refractivity contribution in [3.63, 3.8) is 0 Å². The van der Waals surface area contributed by atoms with Crippen molar-refractivity contribution >= 4 is 32.3 Å². The highest BCUT2D eigenvalue weighted by atomic mass is 14.8. The number of hydrogen-bond donors (Lipinski definition) is 0. The lowest BCUT2D eigenvalue weighted by atomic mass is 9.84. The topological polar surface area (TPSA) is 25.8 Å². The van der Waals surface area contributed by atoms with Crippen molar-refractivity contribution in [3.05, 3.63) is 157 Å². The Labute approximate surface area is 251 Å². The summed E-state index contributed by atoms with van der Waals surface area (Å²) >= 11 is 0. The molecule has 0 spiro atoms. The molecule has 0 aliphatic rings. The van der Waals surface area contributed by atoms with Crippen molar-refractivity contribution in [3.8, 4) is 44.8 Å². The van der Waals surface area contributed by atoms with Gasteiger partial charge < -0.3 is 0 Å². The monoisotopic (exact) mass is 548 g/mol. The minimum absolute atomic E-state index is 0.874. The van der Waals surface area contributed by atoms with Crippen LogP contribution in [-0.2, 0) is 0 Å². The molecule has 0 bridgehead atoms. The molecule has 43 heavy (non-hydrogen) atoms. The van der Waals surface area contributed by atoms with Gasteiger partial charge in [0, 0.05) is 18.0 Å². The molecule has 2 heterocycles. The van der Waals surface area contributed by atoms with Crippen molar-refractivity contribution < 1.29 is 0 Å². The van der Waals surface area contributed by atoms with Gasteiger partial charge in [-0.05, 0) is 103 Å². The predicted molar refractivity (Wildman–Crippen MR) is 181 cm³/mol. The summed E-state index contributed by atoms with van der Waals surface area (Å²) < 4.78 is 0. The molecule has 0 radical (unpaired) electrons. The van der Waals surface area contributed by atoms with Crippen LogP contribution >= 0.6 is 0 Å². The summed E-state index contributed by atoms with van der Waals surface area (Å²) in [6, 6.07) is 50.1. The molecule has 8 rings (SSSR count). The maximum absolute atomic E-state index is 4.77. The fourth-order valence-electron chi connectivity index (χ4n) is 6.40. The van der Waals surface area contributed by atoms with Gasteiger partial charge in [-0.3, -0.25) is 9.97 Å². The molecule has 6 aromatic carbocycles. The van der Waals surface area contributed by atoms with E-state index >= 15 is 0 Å². The number of nitrogens with zero attached hydrogens (tertiary/aromatic N) is 2. The average molecular weight is 549 g/mol. The molecular weight excluding hydrogens is 520 g/mol. The molecule has 8 aromatic rings. The highest BCUT2D eigenvalue weighted by Gasteiger charge is 2.17. The van der Waals surface area contributed by atoms with Gasteiger partial charge in [-0.15, -0.1) is 0 Å². The van der Waals surface area contributed by atoms with E-state index < -0.39 is 0 Å². The molecule has 0 fully saturated rings. The van der Waals surface area contributed by atoms with E-state index in [0.717, 1.165) is 17.0 Å². The van der Waals surface area contributed by atoms with Crippen LogP contribution in [0.5, 0.6) is 0 Å². The molecule has 2 heteroatoms. The molecule has 202 valence electrons. The second-order valence-electron chi connectivity index (χ2n) is 11.1. The Balaban J connectivity index is 1.33. The van der Waals surface area contributed by atoms with Gasteiger partial charge in [-0.2, -0.15) is 0 Å². The zero-order valence-corrected chi connectivity index (χ0v) is 23.8. The summed E-state index contributed by atoms with van der Waals surface area (Å²) in [6.07, 6.45) is 3.77. The van der Waals surface area contributed by atoms with Crippen LogP contribution in [0.2, 0.25) is 0 Å². The van der Waals surface area contributed by atoms with E-state index in [-0.39, 0.29) is 0 Å². The normalized spacial score (nSPS) is 11.4. The summed E-state index contributed by atoms with van der Waals surface area (Å²) in [7, 11) is 0. The largest absolute Gasteiger partial charge is 0.255 e. The molecule has 0 unspecified atom stereocenters. The Hall–Kier alpha value is -5.60. The van der Waals surface area contributed by atoms with E-state index in [0.29, 0.717) is 0 Å². The lowest BCUT2D eigenvalue weighted by molar-refractivity contribution is 1.25. The van der Waals surface area contributed by atoms with E-state index in [9.17, 15) is 0 Å². The first-order valence-electron chi connectivity index (χ1n) is 14.7. The van der Waals surface area contributed by atoms with Crippen LogP contribution in [0.4, 0.5) is 0 Å². The van der Waals surface area contributed by atoms with E-state index in [1.54, 1.807) is 6.20 Å². The number of fused-ring (bicyclic) bond motifs is 3. The standard InChI is InChI=1S/C41H28N2/c1-27-17-18-31(25-37(27)32-21-22-39(43-26-32)38-16-8-9-23-42-38)41-35-14-6-4-12-33(35)40(34-13-5-7-15-36(34)41)30-20-19-28-10-2-3-11-29(28)24-30/h2-26H,1H3. The van der Waals surface area contributed by atoms with Crippen molar-refractivity contribution in [2.75, 3.05) is 0 Å². The Bertz CT molecular complexity index is 2230. The predicted octanol–water partition coefficient (Wildman–Crippen LogP) is 10.9. The maximum atomic E-state index is 4.77. The van der Waals surface area contributed by atoms with E-state index in [2.05, 4.69) is 133 Å². The number of benzene rings is 6. The Morgan fingerprint density at radius 1 is 0.419 bits per heavy atom. The van der Waals surface area contributed by atoms with Crippen LogP contribution in [0.15, 0.2) is 152 Å². The number of pyridine rings is 2. The molecule has 0 saturated carbocycles. The molecule has 2 aromatic heterocycles. The molecule has 0 saturated heterocycles. The van der Waals surface area contributed by atoms with Crippen molar-refractivity contribution in [1.82, 2.24) is 9.97 Å². The molecule has 0 atom stereocenters. The van der Waals surface area contributed by atoms with E-state index in [1.165, 1.54) is 65.7 Å². The third kappa shape index (κ3) is 4.36. The van der Waals surface area contributed by atoms with Crippen LogP contribution in [-0.4, -0.2) is 9.97 Å². The quantitative estimate of drug-likeness (QED) is 0.204. The molecule has 0 N–H and O–H groups in total. The Morgan fingerprint density at radius 2 is 0.977 bits per heavy atom. The van der Waals surface area contributed by atoms with Crippen LogP contribution in [0.25, 0.3) is 77.1 Å². The molecule has 2 nitrogen and oxygen atoms in total. The van der Waals surface area contributed by atoms with Crippen LogP contribution in [0.3, 0.4) is 0 Å². The summed E-state index contributed by atoms with van der Waals surface area (Å²) in [5.74, 6) is 0. The number of aryl methyl sites for hydroxylation is 1. The van der Waals surface area contributed by atoms with Gasteiger partial charge in [0.05, 0.1) is 11.4 Å². The van der Waals surface area contributed by atoms with Crippen LogP contribution in [0.1, 0.15) is 5.56 Å². The van der Waals surface area contributed by atoms with Gasteiger partial charge in [0.25, 0.3) is 0 Å². The molecule has 0 amide bonds. The first-order valence-corrected chi connectivity index (χ1v) is 14.7. The highest BCUT2D eigenvalue weighted by Crippen LogP contribution is 2.44. The fraction of sp³-hybridized carbons (Fsp3) is 0.0244. The molecule has 0 aliphatic carbocycles. The second-order valence-corrected chi connectivity index (χ2v) is 11.1. The Kier molecular flexibility index (Phi) is 6.05. The second kappa shape index (κ2) is 10.3. The third-order valence-electron chi connectivity index (χ3n) is 8.50. The number of hydrogen-bond acceptors (Lipinski definition) is 2. The first kappa shape index (κ1) is 25.1. The summed E-state index contributed by atoms with van der Waals surface area (Å²) in [6.45, 7) is 2.17. The zero-order chi connectivity index (χ0) is 28.8. The maximum Gasteiger partial charge on any atom is 0.0886 e. The lowest BCUT2D eigenvalue weighted by Crippen LogP contribution is -1.93. The van der Waals surface area contributed by atoms with E-state index in [4.69, 9.17) is 4.98 Å². The van der Waals surface area contributed by atoms with Crippen molar-refractivity contribution in [1.29, 1.82) is 0 Å². The summed E-state index contributed by atoms with van der Waals surface area (Å²) in [4.78, 5) is 9.23. The number of rotatable bonds is 4. The molecule has 0 aliphatic heterocycles. The summed E-state index contributed by atoms with van der Waals surface area (Å²) in [5.41, 5.74) is 10.2. The first-order chi connectivity index (χ1) is 21.2. The minimum atomic E-state index is 0.874. The molecular formula is C41H28N2. The van der Waals surface area contributed by atoms with Gasteiger partial charge in [0.15, 0.2) is 0 Å². The SMILES string of the molecule is Cc1ccc(-c2c3ccccc3c(-c3ccc4ccccc4c3)c3ccccc23)cc1-c1ccc(-c2ccccn2)nc1. The summed E-state index contributed by atoms with van der Waals surface area (Å²) in [5, 5.41) is 7.53. The van der Waals surface area contributed by atoms with Gasteiger partial charge in [-0.25, -0.2) is 0 Å². The lowest BCUT2D eigenvalue weighted by Gasteiger charge is -2.19. The van der Waals surface area contributed by atoms with Crippen molar-refractivity contribution in [2.45, 2.75) is 6.92 Å². The fourth-order valence-corrected chi connectivity index (χ4v) is 6.40. The van der Waals surface area contributed by atoms with Crippen molar-refractivity contribution in [2.24, 2.45) is 0 Å². The third-order valence-corrected chi connectivity index (χ3v) is 8.50. The van der Waals surface area contributed by atoms with Gasteiger partial charge in [0.1, 0.15) is 0 Å². The Morgan fingerprint density at radius 3 is 1.60 bits per heavy atom. The highest BCUT2D eigenvalue weighted by molar-refractivity contribution is 6.21. The van der Waals surface area contributed by atoms with Crippen LogP contribution in [0, 0.1) is 6.92 Å². The van der Waals surface area contributed by atoms with E-state index in [1.807, 2.05) is 24.4 Å². The smallest absolute Gasteiger partial charge is 0.0886 e. The number of aromatic nitrogens is 2. The average Bonchev–Trinajstić information content (AvgIpc) is 3.08.